The molecule has 0 bridgehead atoms. The summed E-state index contributed by atoms with van der Waals surface area (Å²) in [5, 5.41) is 2.11. The van der Waals surface area contributed by atoms with E-state index < -0.39 is 0 Å². The first-order valence-corrected chi connectivity index (χ1v) is 7.30. The molecule has 1 aromatic heterocycles. The molecule has 2 N–H and O–H groups in total. The molecule has 3 nitrogen and oxygen atoms in total. The average Bonchev–Trinajstić information content (AvgIpc) is 2.94. The Balaban J connectivity index is 2.23. The molecule has 1 atom stereocenters. The molecule has 102 valence electrons. The van der Waals surface area contributed by atoms with Crippen molar-refractivity contribution in [3.8, 4) is 5.75 Å². The highest BCUT2D eigenvalue weighted by atomic mass is 32.1. The number of nitrogen functional groups attached to an aromatic ring is 1. The van der Waals surface area contributed by atoms with Crippen LogP contribution in [0.2, 0.25) is 0 Å². The Labute approximate surface area is 118 Å². The lowest BCUT2D eigenvalue weighted by atomic mass is 10.2. The van der Waals surface area contributed by atoms with Gasteiger partial charge in [0.25, 0.3) is 0 Å². The van der Waals surface area contributed by atoms with Crippen LogP contribution in [0.25, 0.3) is 0 Å². The Morgan fingerprint density at radius 1 is 1.37 bits per heavy atom. The Bertz CT molecular complexity index is 525. The predicted molar refractivity (Wildman–Crippen MR) is 83.2 cm³/mol. The first-order valence-electron chi connectivity index (χ1n) is 6.42. The number of rotatable bonds is 5. The van der Waals surface area contributed by atoms with Crippen molar-refractivity contribution >= 4 is 22.7 Å². The lowest BCUT2D eigenvalue weighted by Crippen LogP contribution is -2.20. The summed E-state index contributed by atoms with van der Waals surface area (Å²) in [6, 6.07) is 10.5. The van der Waals surface area contributed by atoms with Gasteiger partial charge in [-0.2, -0.15) is 0 Å². The van der Waals surface area contributed by atoms with Gasteiger partial charge in [-0.25, -0.2) is 0 Å². The maximum Gasteiger partial charge on any atom is 0.144 e. The molecule has 0 saturated carbocycles. The van der Waals surface area contributed by atoms with Crippen LogP contribution in [0.15, 0.2) is 35.7 Å². The van der Waals surface area contributed by atoms with Crippen molar-refractivity contribution in [2.45, 2.75) is 19.9 Å². The SMILES string of the molecule is CCOc1cc(N(C)C(C)c2cccs2)ccc1N. The lowest BCUT2D eigenvalue weighted by molar-refractivity contribution is 0.342. The summed E-state index contributed by atoms with van der Waals surface area (Å²) >= 11 is 1.77. The second-order valence-corrected chi connectivity index (χ2v) is 5.44. The zero-order chi connectivity index (χ0) is 13.8. The van der Waals surface area contributed by atoms with Gasteiger partial charge in [0.2, 0.25) is 0 Å². The molecule has 1 aromatic carbocycles. The van der Waals surface area contributed by atoms with Crippen LogP contribution < -0.4 is 15.4 Å². The molecule has 1 heterocycles. The summed E-state index contributed by atoms with van der Waals surface area (Å²) < 4.78 is 5.55. The van der Waals surface area contributed by atoms with Gasteiger partial charge >= 0.3 is 0 Å². The van der Waals surface area contributed by atoms with Gasteiger partial charge in [-0.15, -0.1) is 11.3 Å². The van der Waals surface area contributed by atoms with Crippen molar-refractivity contribution in [1.82, 2.24) is 0 Å². The van der Waals surface area contributed by atoms with Crippen LogP contribution in [0.5, 0.6) is 5.75 Å². The summed E-state index contributed by atoms with van der Waals surface area (Å²) in [7, 11) is 2.09. The fourth-order valence-electron chi connectivity index (χ4n) is 1.97. The van der Waals surface area contributed by atoms with Gasteiger partial charge in [-0.3, -0.25) is 0 Å². The minimum atomic E-state index is 0.332. The summed E-state index contributed by atoms with van der Waals surface area (Å²) in [5.41, 5.74) is 7.70. The second kappa shape index (κ2) is 5.97. The summed E-state index contributed by atoms with van der Waals surface area (Å²) in [6.45, 7) is 4.78. The first kappa shape index (κ1) is 13.7. The monoisotopic (exact) mass is 276 g/mol. The highest BCUT2D eigenvalue weighted by Gasteiger charge is 2.14. The smallest absolute Gasteiger partial charge is 0.144 e. The second-order valence-electron chi connectivity index (χ2n) is 4.46. The van der Waals surface area contributed by atoms with E-state index in [4.69, 9.17) is 10.5 Å². The number of benzene rings is 1. The van der Waals surface area contributed by atoms with Crippen LogP contribution in [0.3, 0.4) is 0 Å². The van der Waals surface area contributed by atoms with Crippen LogP contribution in [-0.2, 0) is 0 Å². The molecule has 2 rings (SSSR count). The van der Waals surface area contributed by atoms with Crippen molar-refractivity contribution in [1.29, 1.82) is 0 Å². The molecule has 0 spiro atoms. The third-order valence-corrected chi connectivity index (χ3v) is 4.28. The number of anilines is 2. The number of nitrogens with zero attached hydrogens (tertiary/aromatic N) is 1. The van der Waals surface area contributed by atoms with Crippen molar-refractivity contribution < 1.29 is 4.74 Å². The fraction of sp³-hybridized carbons (Fsp3) is 0.333. The molecule has 0 aliphatic heterocycles. The van der Waals surface area contributed by atoms with E-state index in [0.717, 1.165) is 11.4 Å². The van der Waals surface area contributed by atoms with Crippen molar-refractivity contribution in [2.75, 3.05) is 24.3 Å². The predicted octanol–water partition coefficient (Wildman–Crippen LogP) is 3.93. The van der Waals surface area contributed by atoms with E-state index in [1.165, 1.54) is 4.88 Å². The molecule has 0 saturated heterocycles. The van der Waals surface area contributed by atoms with Crippen LogP contribution in [0, 0.1) is 0 Å². The highest BCUT2D eigenvalue weighted by molar-refractivity contribution is 7.10. The minimum Gasteiger partial charge on any atom is -0.492 e. The van der Waals surface area contributed by atoms with E-state index in [0.29, 0.717) is 18.3 Å². The van der Waals surface area contributed by atoms with Gasteiger partial charge in [0, 0.05) is 23.7 Å². The first-order chi connectivity index (χ1) is 9.13. The highest BCUT2D eigenvalue weighted by Crippen LogP contribution is 2.32. The standard InChI is InChI=1S/C15H20N2OS/c1-4-18-14-10-12(7-8-13(14)16)17(3)11(2)15-6-5-9-19-15/h5-11H,4,16H2,1-3H3. The summed E-state index contributed by atoms with van der Waals surface area (Å²) in [6.07, 6.45) is 0. The number of hydrogen-bond donors (Lipinski definition) is 1. The van der Waals surface area contributed by atoms with Gasteiger partial charge in [-0.1, -0.05) is 6.07 Å². The van der Waals surface area contributed by atoms with Gasteiger partial charge in [0.1, 0.15) is 5.75 Å². The molecule has 0 aliphatic carbocycles. The maximum atomic E-state index is 5.90. The molecule has 0 aliphatic rings. The number of thiophene rings is 1. The van der Waals surface area contributed by atoms with Gasteiger partial charge < -0.3 is 15.4 Å². The van der Waals surface area contributed by atoms with Crippen LogP contribution >= 0.6 is 11.3 Å². The van der Waals surface area contributed by atoms with Gasteiger partial charge in [0.15, 0.2) is 0 Å². The number of hydrogen-bond acceptors (Lipinski definition) is 4. The normalized spacial score (nSPS) is 12.2. The zero-order valence-electron chi connectivity index (χ0n) is 11.6. The molecular weight excluding hydrogens is 256 g/mol. The van der Waals surface area contributed by atoms with Crippen molar-refractivity contribution in [3.63, 3.8) is 0 Å². The maximum absolute atomic E-state index is 5.90. The van der Waals surface area contributed by atoms with Crippen LogP contribution in [0.1, 0.15) is 24.8 Å². The largest absolute Gasteiger partial charge is 0.492 e. The molecular formula is C15H20N2OS. The summed E-state index contributed by atoms with van der Waals surface area (Å²) in [5.74, 6) is 0.755. The molecule has 19 heavy (non-hydrogen) atoms. The minimum absolute atomic E-state index is 0.332. The molecule has 2 aromatic rings. The quantitative estimate of drug-likeness (QED) is 0.841. The average molecular weight is 276 g/mol. The molecule has 0 fully saturated rings. The van der Waals surface area contributed by atoms with Crippen molar-refractivity contribution in [3.05, 3.63) is 40.6 Å². The molecule has 0 amide bonds. The number of nitrogens with two attached hydrogens (primary N) is 1. The van der Waals surface area contributed by atoms with E-state index in [-0.39, 0.29) is 0 Å². The van der Waals surface area contributed by atoms with E-state index in [1.54, 1.807) is 11.3 Å². The van der Waals surface area contributed by atoms with Crippen molar-refractivity contribution in [2.24, 2.45) is 0 Å². The Morgan fingerprint density at radius 3 is 2.79 bits per heavy atom. The van der Waals surface area contributed by atoms with E-state index in [2.05, 4.69) is 36.4 Å². The van der Waals surface area contributed by atoms with Gasteiger partial charge in [0.05, 0.1) is 18.3 Å². The number of ether oxygens (including phenoxy) is 1. The Morgan fingerprint density at radius 2 is 2.16 bits per heavy atom. The molecule has 1 unspecified atom stereocenters. The van der Waals surface area contributed by atoms with Crippen LogP contribution in [0.4, 0.5) is 11.4 Å². The third kappa shape index (κ3) is 3.01. The fourth-order valence-corrected chi connectivity index (χ4v) is 2.79. The topological polar surface area (TPSA) is 38.5 Å². The van der Waals surface area contributed by atoms with Gasteiger partial charge in [-0.05, 0) is 37.4 Å². The van der Waals surface area contributed by atoms with Crippen LogP contribution in [-0.4, -0.2) is 13.7 Å². The van der Waals surface area contributed by atoms with E-state index >= 15 is 0 Å². The summed E-state index contributed by atoms with van der Waals surface area (Å²) in [4.78, 5) is 3.57. The Kier molecular flexibility index (Phi) is 4.32. The Hall–Kier alpha value is -1.68. The lowest BCUT2D eigenvalue weighted by Gasteiger charge is -2.27. The van der Waals surface area contributed by atoms with E-state index in [9.17, 15) is 0 Å². The molecule has 0 radical (unpaired) electrons. The molecule has 4 heteroatoms. The zero-order valence-corrected chi connectivity index (χ0v) is 12.4. The van der Waals surface area contributed by atoms with E-state index in [1.807, 2.05) is 25.1 Å². The third-order valence-electron chi connectivity index (χ3n) is 3.24.